The van der Waals surface area contributed by atoms with Gasteiger partial charge >= 0.3 is 5.97 Å². The fourth-order valence-electron chi connectivity index (χ4n) is 6.15. The fourth-order valence-corrected chi connectivity index (χ4v) is 6.15. The van der Waals surface area contributed by atoms with Gasteiger partial charge in [-0.25, -0.2) is 0 Å². The van der Waals surface area contributed by atoms with E-state index in [0.29, 0.717) is 18.5 Å². The van der Waals surface area contributed by atoms with E-state index in [1.807, 2.05) is 13.8 Å². The van der Waals surface area contributed by atoms with Crippen LogP contribution >= 0.6 is 0 Å². The molecule has 8 nitrogen and oxygen atoms in total. The number of nitrogen functional groups attached to an aromatic ring is 1. The summed E-state index contributed by atoms with van der Waals surface area (Å²) in [7, 11) is 0. The maximum absolute atomic E-state index is 13.7. The second kappa shape index (κ2) is 8.89. The average Bonchev–Trinajstić information content (AvgIpc) is 3.30. The number of fused-ring (bicyclic) bond motifs is 1. The van der Waals surface area contributed by atoms with Crippen LogP contribution in [0.2, 0.25) is 0 Å². The zero-order valence-corrected chi connectivity index (χ0v) is 19.3. The lowest BCUT2D eigenvalue weighted by molar-refractivity contribution is -0.154. The van der Waals surface area contributed by atoms with E-state index in [1.54, 1.807) is 24.3 Å². The van der Waals surface area contributed by atoms with E-state index in [2.05, 4.69) is 5.32 Å². The zero-order valence-electron chi connectivity index (χ0n) is 19.3. The Hall–Kier alpha value is -2.74. The van der Waals surface area contributed by atoms with Gasteiger partial charge in [0.05, 0.1) is 11.8 Å². The number of aliphatic carboxylic acids is 1. The first-order chi connectivity index (χ1) is 15.7. The summed E-state index contributed by atoms with van der Waals surface area (Å²) in [5, 5.41) is 21.3. The van der Waals surface area contributed by atoms with Crippen molar-refractivity contribution >= 4 is 23.6 Å². The molecule has 1 saturated carbocycles. The van der Waals surface area contributed by atoms with Crippen LogP contribution in [0.3, 0.4) is 0 Å². The molecule has 2 saturated heterocycles. The quantitative estimate of drug-likeness (QED) is 0.284. The summed E-state index contributed by atoms with van der Waals surface area (Å²) < 4.78 is 0. The summed E-state index contributed by atoms with van der Waals surface area (Å²) in [5.41, 5.74) is 5.33. The highest BCUT2D eigenvalue weighted by Gasteiger charge is 2.69. The van der Waals surface area contributed by atoms with Gasteiger partial charge < -0.3 is 10.8 Å². The van der Waals surface area contributed by atoms with Crippen molar-refractivity contribution < 1.29 is 19.5 Å². The minimum Gasteiger partial charge on any atom is -0.480 e. The first kappa shape index (κ1) is 23.4. The normalized spacial score (nSPS) is 31.0. The SMILES string of the molecule is CCC(C)C1(C(=O)O)NC(c2ccc(C(=N)N)cc2)C2C(=O)N(CC3CCCCC3)C(=O)C21. The number of likely N-dealkylation sites (tertiary alicyclic amines) is 1. The number of hydrogen-bond acceptors (Lipinski definition) is 5. The molecule has 178 valence electrons. The Morgan fingerprint density at radius 2 is 1.85 bits per heavy atom. The molecule has 3 aliphatic rings. The maximum atomic E-state index is 13.7. The molecule has 5 N–H and O–H groups in total. The van der Waals surface area contributed by atoms with E-state index >= 15 is 0 Å². The Labute approximate surface area is 194 Å². The molecule has 5 atom stereocenters. The minimum atomic E-state index is -1.52. The zero-order chi connectivity index (χ0) is 23.9. The van der Waals surface area contributed by atoms with E-state index in [9.17, 15) is 19.5 Å². The van der Waals surface area contributed by atoms with Gasteiger partial charge in [0.1, 0.15) is 11.4 Å². The van der Waals surface area contributed by atoms with E-state index in [0.717, 1.165) is 31.2 Å². The lowest BCUT2D eigenvalue weighted by Crippen LogP contribution is -2.60. The largest absolute Gasteiger partial charge is 0.480 e. The van der Waals surface area contributed by atoms with Crippen molar-refractivity contribution in [3.8, 4) is 0 Å². The Bertz CT molecular complexity index is 956. The molecule has 8 heteroatoms. The van der Waals surface area contributed by atoms with E-state index < -0.39 is 29.4 Å². The lowest BCUT2D eigenvalue weighted by atomic mass is 9.72. The van der Waals surface area contributed by atoms with Crippen molar-refractivity contribution in [2.24, 2.45) is 29.4 Å². The highest BCUT2D eigenvalue weighted by molar-refractivity contribution is 6.09. The van der Waals surface area contributed by atoms with Crippen LogP contribution < -0.4 is 11.1 Å². The Kier molecular flexibility index (Phi) is 6.31. The molecular formula is C25H34N4O4. The van der Waals surface area contributed by atoms with Crippen molar-refractivity contribution in [2.75, 3.05) is 6.54 Å². The smallest absolute Gasteiger partial charge is 0.325 e. The Morgan fingerprint density at radius 1 is 1.21 bits per heavy atom. The molecule has 1 aromatic carbocycles. The third kappa shape index (κ3) is 3.74. The molecule has 0 radical (unpaired) electrons. The van der Waals surface area contributed by atoms with Crippen molar-refractivity contribution in [2.45, 2.75) is 64.0 Å². The van der Waals surface area contributed by atoms with Crippen LogP contribution in [-0.2, 0) is 14.4 Å². The Morgan fingerprint density at radius 3 is 2.39 bits per heavy atom. The highest BCUT2D eigenvalue weighted by atomic mass is 16.4. The van der Waals surface area contributed by atoms with Crippen molar-refractivity contribution in [3.05, 3.63) is 35.4 Å². The van der Waals surface area contributed by atoms with E-state index in [1.165, 1.54) is 11.3 Å². The second-order valence-electron chi connectivity index (χ2n) is 9.94. The van der Waals surface area contributed by atoms with Gasteiger partial charge in [0.15, 0.2) is 0 Å². The molecule has 0 spiro atoms. The summed E-state index contributed by atoms with van der Waals surface area (Å²) in [4.78, 5) is 41.5. The number of carbonyl (C=O) groups excluding carboxylic acids is 2. The van der Waals surface area contributed by atoms with Gasteiger partial charge in [-0.2, -0.15) is 0 Å². The molecular weight excluding hydrogens is 420 g/mol. The van der Waals surface area contributed by atoms with Crippen molar-refractivity contribution in [1.82, 2.24) is 10.2 Å². The summed E-state index contributed by atoms with van der Waals surface area (Å²) in [6.45, 7) is 4.12. The summed E-state index contributed by atoms with van der Waals surface area (Å²) >= 11 is 0. The maximum Gasteiger partial charge on any atom is 0.325 e. The molecule has 2 aliphatic heterocycles. The number of nitrogens with zero attached hydrogens (tertiary/aromatic N) is 1. The molecule has 2 amide bonds. The van der Waals surface area contributed by atoms with Gasteiger partial charge in [-0.3, -0.25) is 30.0 Å². The third-order valence-electron chi connectivity index (χ3n) is 8.18. The van der Waals surface area contributed by atoms with Gasteiger partial charge in [-0.15, -0.1) is 0 Å². The summed E-state index contributed by atoms with van der Waals surface area (Å²) in [6.07, 6.45) is 5.94. The predicted octanol–water partition coefficient (Wildman–Crippen LogP) is 2.67. The number of carboxylic acids is 1. The molecule has 2 heterocycles. The molecule has 1 aliphatic carbocycles. The van der Waals surface area contributed by atoms with Crippen molar-refractivity contribution in [3.63, 3.8) is 0 Å². The average molecular weight is 455 g/mol. The lowest BCUT2D eigenvalue weighted by Gasteiger charge is -2.36. The molecule has 3 fully saturated rings. The number of rotatable bonds is 7. The van der Waals surface area contributed by atoms with Crippen LogP contribution in [0.15, 0.2) is 24.3 Å². The summed E-state index contributed by atoms with van der Waals surface area (Å²) in [5.74, 6) is -3.55. The minimum absolute atomic E-state index is 0.0657. The van der Waals surface area contributed by atoms with Crippen LogP contribution in [0.5, 0.6) is 0 Å². The molecule has 0 aromatic heterocycles. The first-order valence-corrected chi connectivity index (χ1v) is 12.0. The molecule has 33 heavy (non-hydrogen) atoms. The van der Waals surface area contributed by atoms with Crippen LogP contribution in [0.25, 0.3) is 0 Å². The van der Waals surface area contributed by atoms with Crippen LogP contribution in [0.4, 0.5) is 0 Å². The number of carboxylic acid groups (broad SMARTS) is 1. The number of amidine groups is 1. The molecule has 0 bridgehead atoms. The number of nitrogens with one attached hydrogen (secondary N) is 2. The topological polar surface area (TPSA) is 137 Å². The highest BCUT2D eigenvalue weighted by Crippen LogP contribution is 2.52. The van der Waals surface area contributed by atoms with Gasteiger partial charge in [0, 0.05) is 18.2 Å². The van der Waals surface area contributed by atoms with Crippen LogP contribution in [-0.4, -0.2) is 45.7 Å². The predicted molar refractivity (Wildman–Crippen MR) is 123 cm³/mol. The fraction of sp³-hybridized carbons (Fsp3) is 0.600. The van der Waals surface area contributed by atoms with Gasteiger partial charge in [0.25, 0.3) is 0 Å². The Balaban J connectivity index is 1.75. The van der Waals surface area contributed by atoms with Gasteiger partial charge in [-0.1, -0.05) is 63.8 Å². The van der Waals surface area contributed by atoms with Crippen LogP contribution in [0.1, 0.15) is 69.5 Å². The number of benzene rings is 1. The third-order valence-corrected chi connectivity index (χ3v) is 8.18. The van der Waals surface area contributed by atoms with Crippen molar-refractivity contribution in [1.29, 1.82) is 5.41 Å². The number of nitrogens with two attached hydrogens (primary N) is 1. The second-order valence-corrected chi connectivity index (χ2v) is 9.94. The van der Waals surface area contributed by atoms with Gasteiger partial charge in [-0.05, 0) is 30.2 Å². The number of amides is 2. The standard InChI is InChI=1S/C25H34N4O4/c1-3-14(2)25(24(32)33)19-18(20(28-25)16-9-11-17(12-10-16)21(26)27)22(30)29(23(19)31)13-15-7-5-4-6-8-15/h9-12,14-15,18-20,28H,3-8,13H2,1-2H3,(H3,26,27)(H,32,33). The molecule has 1 aromatic rings. The number of hydrogen-bond donors (Lipinski definition) is 4. The van der Waals surface area contributed by atoms with Gasteiger partial charge in [0.2, 0.25) is 11.8 Å². The number of carbonyl (C=O) groups is 3. The molecule has 5 unspecified atom stereocenters. The van der Waals surface area contributed by atoms with E-state index in [-0.39, 0.29) is 29.5 Å². The van der Waals surface area contributed by atoms with E-state index in [4.69, 9.17) is 11.1 Å². The number of imide groups is 1. The van der Waals surface area contributed by atoms with Crippen LogP contribution in [0, 0.1) is 29.1 Å². The molecule has 4 rings (SSSR count). The monoisotopic (exact) mass is 454 g/mol. The first-order valence-electron chi connectivity index (χ1n) is 12.0. The summed E-state index contributed by atoms with van der Waals surface area (Å²) in [6, 6.07) is 6.32.